The molecule has 0 aliphatic heterocycles. The van der Waals surface area contributed by atoms with Gasteiger partial charge >= 0.3 is 0 Å². The Bertz CT molecular complexity index is 507. The third-order valence-electron chi connectivity index (χ3n) is 2.51. The van der Waals surface area contributed by atoms with Crippen molar-refractivity contribution in [2.45, 2.75) is 31.0 Å². The molecule has 0 aliphatic carbocycles. The summed E-state index contributed by atoms with van der Waals surface area (Å²) in [4.78, 5) is 5.40. The van der Waals surface area contributed by atoms with Gasteiger partial charge in [0.05, 0.1) is 5.75 Å². The highest BCUT2D eigenvalue weighted by Crippen LogP contribution is 2.27. The number of rotatable bonds is 5. The second-order valence-electron chi connectivity index (χ2n) is 4.58. The quantitative estimate of drug-likeness (QED) is 0.665. The number of nitrogens with two attached hydrogens (primary N) is 1. The maximum Gasteiger partial charge on any atom is 0.138 e. The molecule has 1 aromatic heterocycles. The largest absolute Gasteiger partial charge is 0.398 e. The normalized spacial score (nSPS) is 11.1. The molecule has 0 saturated heterocycles. The second-order valence-corrected chi connectivity index (χ2v) is 5.60. The standard InChI is InChI=1S/C13H18N4S/c1-10(2)7-17-13(15-9-16-17)8-18-12-6-4-3-5-11(12)14/h3-6,9-10H,7-8,14H2,1-2H3. The third kappa shape index (κ3) is 3.26. The molecule has 0 amide bonds. The minimum Gasteiger partial charge on any atom is -0.398 e. The first kappa shape index (κ1) is 13.0. The number of hydrogen-bond donors (Lipinski definition) is 1. The van der Waals surface area contributed by atoms with Crippen molar-refractivity contribution in [2.24, 2.45) is 5.92 Å². The van der Waals surface area contributed by atoms with E-state index in [4.69, 9.17) is 5.73 Å². The van der Waals surface area contributed by atoms with Gasteiger partial charge in [0, 0.05) is 17.1 Å². The number of para-hydroxylation sites is 1. The molecule has 96 valence electrons. The Morgan fingerprint density at radius 1 is 1.33 bits per heavy atom. The Kier molecular flexibility index (Phi) is 4.25. The first-order valence-electron chi connectivity index (χ1n) is 6.01. The molecular weight excluding hydrogens is 244 g/mol. The van der Waals surface area contributed by atoms with Gasteiger partial charge in [0.1, 0.15) is 12.2 Å². The van der Waals surface area contributed by atoms with Gasteiger partial charge in [-0.05, 0) is 18.1 Å². The highest BCUT2D eigenvalue weighted by Gasteiger charge is 2.07. The van der Waals surface area contributed by atoms with E-state index in [1.54, 1.807) is 18.1 Å². The number of benzene rings is 1. The van der Waals surface area contributed by atoms with E-state index >= 15 is 0 Å². The molecule has 2 rings (SSSR count). The predicted octanol–water partition coefficient (Wildman–Crippen LogP) is 2.81. The highest BCUT2D eigenvalue weighted by molar-refractivity contribution is 7.98. The lowest BCUT2D eigenvalue weighted by molar-refractivity contribution is 0.472. The molecule has 1 aromatic carbocycles. The molecule has 0 fully saturated rings. The van der Waals surface area contributed by atoms with Gasteiger partial charge in [-0.1, -0.05) is 26.0 Å². The van der Waals surface area contributed by atoms with Gasteiger partial charge in [-0.25, -0.2) is 9.67 Å². The van der Waals surface area contributed by atoms with E-state index in [2.05, 4.69) is 23.9 Å². The molecule has 2 N–H and O–H groups in total. The van der Waals surface area contributed by atoms with Crippen LogP contribution in [0.25, 0.3) is 0 Å². The summed E-state index contributed by atoms with van der Waals surface area (Å²) in [5, 5.41) is 4.25. The molecule has 0 unspecified atom stereocenters. The molecule has 2 aromatic rings. The van der Waals surface area contributed by atoms with Crippen LogP contribution in [0, 0.1) is 5.92 Å². The Hall–Kier alpha value is -1.49. The summed E-state index contributed by atoms with van der Waals surface area (Å²) in [6.07, 6.45) is 1.62. The molecular formula is C13H18N4S. The Morgan fingerprint density at radius 2 is 2.11 bits per heavy atom. The van der Waals surface area contributed by atoms with Gasteiger partial charge < -0.3 is 5.73 Å². The Labute approximate surface area is 112 Å². The van der Waals surface area contributed by atoms with Crippen molar-refractivity contribution in [3.05, 3.63) is 36.4 Å². The van der Waals surface area contributed by atoms with E-state index in [0.29, 0.717) is 5.92 Å². The minimum atomic E-state index is 0.567. The summed E-state index contributed by atoms with van der Waals surface area (Å²) >= 11 is 1.70. The van der Waals surface area contributed by atoms with Crippen LogP contribution in [0.3, 0.4) is 0 Å². The number of nitrogen functional groups attached to an aromatic ring is 1. The average molecular weight is 262 g/mol. The summed E-state index contributed by atoms with van der Waals surface area (Å²) in [5.41, 5.74) is 6.73. The van der Waals surface area contributed by atoms with Crippen molar-refractivity contribution in [3.8, 4) is 0 Å². The van der Waals surface area contributed by atoms with Crippen LogP contribution in [-0.2, 0) is 12.3 Å². The first-order chi connectivity index (χ1) is 8.66. The zero-order chi connectivity index (χ0) is 13.0. The second kappa shape index (κ2) is 5.91. The van der Waals surface area contributed by atoms with Gasteiger partial charge in [-0.15, -0.1) is 11.8 Å². The van der Waals surface area contributed by atoms with Crippen LogP contribution >= 0.6 is 11.8 Å². The van der Waals surface area contributed by atoms with Crippen molar-refractivity contribution in [1.29, 1.82) is 0 Å². The van der Waals surface area contributed by atoms with Gasteiger partial charge in [-0.2, -0.15) is 5.10 Å². The van der Waals surface area contributed by atoms with E-state index in [-0.39, 0.29) is 0 Å². The lowest BCUT2D eigenvalue weighted by Crippen LogP contribution is -2.09. The molecule has 0 atom stereocenters. The maximum atomic E-state index is 5.92. The molecule has 5 heteroatoms. The minimum absolute atomic E-state index is 0.567. The molecule has 1 heterocycles. The van der Waals surface area contributed by atoms with E-state index in [0.717, 1.165) is 28.7 Å². The summed E-state index contributed by atoms with van der Waals surface area (Å²) in [6, 6.07) is 7.89. The van der Waals surface area contributed by atoms with Crippen LogP contribution in [0.15, 0.2) is 35.5 Å². The van der Waals surface area contributed by atoms with Crippen LogP contribution in [-0.4, -0.2) is 14.8 Å². The van der Waals surface area contributed by atoms with Crippen molar-refractivity contribution in [1.82, 2.24) is 14.8 Å². The summed E-state index contributed by atoms with van der Waals surface area (Å²) in [7, 11) is 0. The summed E-state index contributed by atoms with van der Waals surface area (Å²) < 4.78 is 1.97. The Balaban J connectivity index is 2.02. The monoisotopic (exact) mass is 262 g/mol. The van der Waals surface area contributed by atoms with Gasteiger partial charge in [0.25, 0.3) is 0 Å². The highest BCUT2D eigenvalue weighted by atomic mass is 32.2. The Morgan fingerprint density at radius 3 is 2.83 bits per heavy atom. The number of anilines is 1. The zero-order valence-electron chi connectivity index (χ0n) is 10.7. The summed E-state index contributed by atoms with van der Waals surface area (Å²) in [6.45, 7) is 5.25. The van der Waals surface area contributed by atoms with Crippen molar-refractivity contribution >= 4 is 17.4 Å². The molecule has 0 spiro atoms. The lowest BCUT2D eigenvalue weighted by atomic mass is 10.2. The van der Waals surface area contributed by atoms with Gasteiger partial charge in [-0.3, -0.25) is 0 Å². The van der Waals surface area contributed by atoms with Crippen LogP contribution in [0.5, 0.6) is 0 Å². The van der Waals surface area contributed by atoms with Crippen molar-refractivity contribution in [2.75, 3.05) is 5.73 Å². The molecule has 0 radical (unpaired) electrons. The fourth-order valence-electron chi connectivity index (χ4n) is 1.65. The van der Waals surface area contributed by atoms with E-state index in [1.807, 2.05) is 28.9 Å². The van der Waals surface area contributed by atoms with E-state index in [9.17, 15) is 0 Å². The number of hydrogen-bond acceptors (Lipinski definition) is 4. The van der Waals surface area contributed by atoms with E-state index in [1.165, 1.54) is 0 Å². The molecule has 0 aliphatic rings. The third-order valence-corrected chi connectivity index (χ3v) is 3.59. The smallest absolute Gasteiger partial charge is 0.138 e. The van der Waals surface area contributed by atoms with Crippen LogP contribution in [0.2, 0.25) is 0 Å². The summed E-state index contributed by atoms with van der Waals surface area (Å²) in [5.74, 6) is 2.36. The average Bonchev–Trinajstić information content (AvgIpc) is 2.75. The SMILES string of the molecule is CC(C)Cn1ncnc1CSc1ccccc1N. The fourth-order valence-corrected chi connectivity index (χ4v) is 2.57. The predicted molar refractivity (Wildman–Crippen MR) is 75.3 cm³/mol. The fraction of sp³-hybridized carbons (Fsp3) is 0.385. The van der Waals surface area contributed by atoms with Gasteiger partial charge in [0.2, 0.25) is 0 Å². The van der Waals surface area contributed by atoms with Crippen LogP contribution in [0.1, 0.15) is 19.7 Å². The van der Waals surface area contributed by atoms with Crippen molar-refractivity contribution in [3.63, 3.8) is 0 Å². The lowest BCUT2D eigenvalue weighted by Gasteiger charge is -2.09. The molecule has 0 saturated carbocycles. The molecule has 18 heavy (non-hydrogen) atoms. The first-order valence-corrected chi connectivity index (χ1v) is 6.99. The zero-order valence-corrected chi connectivity index (χ0v) is 11.5. The van der Waals surface area contributed by atoms with Crippen LogP contribution < -0.4 is 5.73 Å². The van der Waals surface area contributed by atoms with E-state index < -0.39 is 0 Å². The van der Waals surface area contributed by atoms with Crippen LogP contribution in [0.4, 0.5) is 5.69 Å². The number of aromatic nitrogens is 3. The van der Waals surface area contributed by atoms with Gasteiger partial charge in [0.15, 0.2) is 0 Å². The maximum absolute atomic E-state index is 5.92. The van der Waals surface area contributed by atoms with Crippen molar-refractivity contribution < 1.29 is 0 Å². The molecule has 4 nitrogen and oxygen atoms in total. The topological polar surface area (TPSA) is 56.7 Å². The molecule has 0 bridgehead atoms. The number of thioether (sulfide) groups is 1. The number of nitrogens with zero attached hydrogens (tertiary/aromatic N) is 3.